The quantitative estimate of drug-likeness (QED) is 0.619. The number of rotatable bonds is 7. The predicted molar refractivity (Wildman–Crippen MR) is 107 cm³/mol. The maximum absolute atomic E-state index is 12.7. The van der Waals surface area contributed by atoms with Crippen molar-refractivity contribution in [2.24, 2.45) is 0 Å². The lowest BCUT2D eigenvalue weighted by Crippen LogP contribution is -2.29. The normalized spacial score (nSPS) is 10.5. The molecule has 1 amide bonds. The molecule has 0 aliphatic carbocycles. The summed E-state index contributed by atoms with van der Waals surface area (Å²) in [4.78, 5) is 40.9. The highest BCUT2D eigenvalue weighted by Crippen LogP contribution is 2.17. The fraction of sp³-hybridized carbons (Fsp3) is 0.200. The van der Waals surface area contributed by atoms with Crippen molar-refractivity contribution in [1.82, 2.24) is 9.55 Å². The number of ether oxygens (including phenoxy) is 1. The first-order valence-corrected chi connectivity index (χ1v) is 9.59. The van der Waals surface area contributed by atoms with Crippen LogP contribution < -0.4 is 10.9 Å². The second-order valence-corrected chi connectivity index (χ2v) is 6.78. The zero-order chi connectivity index (χ0) is 19.9. The van der Waals surface area contributed by atoms with Gasteiger partial charge in [0.05, 0.1) is 25.3 Å². The first kappa shape index (κ1) is 19.5. The van der Waals surface area contributed by atoms with E-state index in [0.717, 1.165) is 5.56 Å². The van der Waals surface area contributed by atoms with Crippen LogP contribution in [0.5, 0.6) is 0 Å². The molecule has 0 unspecified atom stereocenters. The van der Waals surface area contributed by atoms with Crippen molar-refractivity contribution >= 4 is 28.3 Å². The fourth-order valence-electron chi connectivity index (χ4n) is 2.58. The number of aromatic nitrogens is 2. The summed E-state index contributed by atoms with van der Waals surface area (Å²) in [6.07, 6.45) is 1.68. The summed E-state index contributed by atoms with van der Waals surface area (Å²) in [7, 11) is 0. The Bertz CT molecular complexity index is 1030. The molecule has 0 spiro atoms. The van der Waals surface area contributed by atoms with Crippen molar-refractivity contribution in [3.63, 3.8) is 0 Å². The Hall–Kier alpha value is -3.26. The zero-order valence-corrected chi connectivity index (χ0v) is 16.1. The number of thiazole rings is 1. The summed E-state index contributed by atoms with van der Waals surface area (Å²) in [5.74, 6) is -0.915. The van der Waals surface area contributed by atoms with Crippen molar-refractivity contribution in [1.29, 1.82) is 0 Å². The van der Waals surface area contributed by atoms with Crippen LogP contribution in [0.4, 0.5) is 5.13 Å². The van der Waals surface area contributed by atoms with Crippen molar-refractivity contribution in [3.05, 3.63) is 81.2 Å². The van der Waals surface area contributed by atoms with Crippen LogP contribution >= 0.6 is 11.3 Å². The molecule has 0 bridgehead atoms. The lowest BCUT2D eigenvalue weighted by Gasteiger charge is -2.08. The molecule has 2 heterocycles. The van der Waals surface area contributed by atoms with Crippen LogP contribution in [-0.4, -0.2) is 28.0 Å². The molecule has 1 aromatic carbocycles. The van der Waals surface area contributed by atoms with Gasteiger partial charge in [0, 0.05) is 11.6 Å². The topological polar surface area (TPSA) is 90.3 Å². The van der Waals surface area contributed by atoms with Crippen LogP contribution in [0.1, 0.15) is 28.5 Å². The van der Waals surface area contributed by atoms with Gasteiger partial charge in [-0.2, -0.15) is 0 Å². The summed E-state index contributed by atoms with van der Waals surface area (Å²) in [6.45, 7) is 2.41. The van der Waals surface area contributed by atoms with Gasteiger partial charge in [-0.25, -0.2) is 4.98 Å². The van der Waals surface area contributed by atoms with E-state index in [0.29, 0.717) is 24.0 Å². The zero-order valence-electron chi connectivity index (χ0n) is 15.3. The summed E-state index contributed by atoms with van der Waals surface area (Å²) < 4.78 is 6.36. The van der Waals surface area contributed by atoms with Crippen molar-refractivity contribution < 1.29 is 14.3 Å². The number of hydrogen-bond acceptors (Lipinski definition) is 6. The van der Waals surface area contributed by atoms with E-state index in [4.69, 9.17) is 4.74 Å². The first-order chi connectivity index (χ1) is 13.6. The van der Waals surface area contributed by atoms with E-state index in [-0.39, 0.29) is 23.5 Å². The molecule has 0 saturated heterocycles. The number of benzene rings is 1. The third-order valence-electron chi connectivity index (χ3n) is 3.86. The van der Waals surface area contributed by atoms with Gasteiger partial charge in [-0.05, 0) is 24.6 Å². The van der Waals surface area contributed by atoms with Gasteiger partial charge in [0.1, 0.15) is 5.56 Å². The molecule has 28 heavy (non-hydrogen) atoms. The molecule has 7 nitrogen and oxygen atoms in total. The highest BCUT2D eigenvalue weighted by molar-refractivity contribution is 7.14. The molecule has 144 valence electrons. The second kappa shape index (κ2) is 9.09. The Labute approximate surface area is 165 Å². The number of pyridine rings is 1. The molecule has 0 saturated carbocycles. The largest absolute Gasteiger partial charge is 0.466 e. The van der Waals surface area contributed by atoms with E-state index in [9.17, 15) is 14.4 Å². The van der Waals surface area contributed by atoms with Crippen molar-refractivity contribution in [2.75, 3.05) is 11.9 Å². The van der Waals surface area contributed by atoms with Crippen molar-refractivity contribution in [2.45, 2.75) is 19.9 Å². The summed E-state index contributed by atoms with van der Waals surface area (Å²) >= 11 is 1.19. The maximum atomic E-state index is 12.7. The molecule has 8 heteroatoms. The highest BCUT2D eigenvalue weighted by Gasteiger charge is 2.15. The molecule has 0 radical (unpaired) electrons. The monoisotopic (exact) mass is 397 g/mol. The molecule has 1 N–H and O–H groups in total. The Kier molecular flexibility index (Phi) is 6.33. The summed E-state index contributed by atoms with van der Waals surface area (Å²) in [5, 5.41) is 4.61. The van der Waals surface area contributed by atoms with Crippen LogP contribution in [0.25, 0.3) is 0 Å². The SMILES string of the molecule is CCOC(=O)Cc1csc(NC(=O)c2cccn(Cc3ccccc3)c2=O)n1. The van der Waals surface area contributed by atoms with Crippen LogP contribution in [0.3, 0.4) is 0 Å². The van der Waals surface area contributed by atoms with Gasteiger partial charge in [-0.15, -0.1) is 11.3 Å². The van der Waals surface area contributed by atoms with Crippen LogP contribution in [-0.2, 0) is 22.5 Å². The number of amides is 1. The van der Waals surface area contributed by atoms with Gasteiger partial charge < -0.3 is 9.30 Å². The number of nitrogens with zero attached hydrogens (tertiary/aromatic N) is 2. The van der Waals surface area contributed by atoms with Crippen LogP contribution in [0.15, 0.2) is 58.8 Å². The highest BCUT2D eigenvalue weighted by atomic mass is 32.1. The van der Waals surface area contributed by atoms with Gasteiger partial charge in [-0.1, -0.05) is 30.3 Å². The molecule has 0 aliphatic heterocycles. The molecule has 0 atom stereocenters. The Morgan fingerprint density at radius 2 is 1.96 bits per heavy atom. The average molecular weight is 397 g/mol. The van der Waals surface area contributed by atoms with E-state index >= 15 is 0 Å². The number of esters is 1. The molecular weight excluding hydrogens is 378 g/mol. The molecule has 3 rings (SSSR count). The Morgan fingerprint density at radius 1 is 1.18 bits per heavy atom. The smallest absolute Gasteiger partial charge is 0.311 e. The number of hydrogen-bond donors (Lipinski definition) is 1. The fourth-order valence-corrected chi connectivity index (χ4v) is 3.29. The van der Waals surface area contributed by atoms with E-state index in [2.05, 4.69) is 10.3 Å². The molecule has 2 aromatic heterocycles. The Morgan fingerprint density at radius 3 is 2.71 bits per heavy atom. The lowest BCUT2D eigenvalue weighted by atomic mass is 10.2. The minimum Gasteiger partial charge on any atom is -0.466 e. The number of carbonyl (C=O) groups is 2. The van der Waals surface area contributed by atoms with E-state index in [1.54, 1.807) is 24.6 Å². The predicted octanol–water partition coefficient (Wildman–Crippen LogP) is 2.71. The second-order valence-electron chi connectivity index (χ2n) is 5.92. The van der Waals surface area contributed by atoms with Gasteiger partial charge >= 0.3 is 5.97 Å². The van der Waals surface area contributed by atoms with Gasteiger partial charge in [0.25, 0.3) is 11.5 Å². The third-order valence-corrected chi connectivity index (χ3v) is 4.67. The third kappa shape index (κ3) is 4.92. The number of carbonyl (C=O) groups excluding carboxylic acids is 2. The van der Waals surface area contributed by atoms with Gasteiger partial charge in [0.15, 0.2) is 5.13 Å². The van der Waals surface area contributed by atoms with Crippen LogP contribution in [0, 0.1) is 0 Å². The molecule has 0 aliphatic rings. The lowest BCUT2D eigenvalue weighted by molar-refractivity contribution is -0.142. The maximum Gasteiger partial charge on any atom is 0.311 e. The average Bonchev–Trinajstić information content (AvgIpc) is 3.11. The van der Waals surface area contributed by atoms with Gasteiger partial charge in [-0.3, -0.25) is 19.7 Å². The number of nitrogens with one attached hydrogen (secondary N) is 1. The first-order valence-electron chi connectivity index (χ1n) is 8.71. The van der Waals surface area contributed by atoms with Crippen LogP contribution in [0.2, 0.25) is 0 Å². The van der Waals surface area contributed by atoms with E-state index in [1.807, 2.05) is 30.3 Å². The summed E-state index contributed by atoms with van der Waals surface area (Å²) in [6, 6.07) is 12.7. The Balaban J connectivity index is 1.71. The molecular formula is C20H19N3O4S. The minimum atomic E-state index is -0.538. The van der Waals surface area contributed by atoms with Gasteiger partial charge in [0.2, 0.25) is 0 Å². The standard InChI is InChI=1S/C20H19N3O4S/c1-2-27-17(24)11-15-13-28-20(21-15)22-18(25)16-9-6-10-23(19(16)26)12-14-7-4-3-5-8-14/h3-10,13H,2,11-12H2,1H3,(H,21,22,25). The summed E-state index contributed by atoms with van der Waals surface area (Å²) in [5.41, 5.74) is 1.12. The van der Waals surface area contributed by atoms with E-state index in [1.165, 1.54) is 22.0 Å². The van der Waals surface area contributed by atoms with E-state index < -0.39 is 5.91 Å². The minimum absolute atomic E-state index is 0.0283. The number of anilines is 1. The molecule has 0 fully saturated rings. The van der Waals surface area contributed by atoms with Crippen molar-refractivity contribution in [3.8, 4) is 0 Å². The molecule has 3 aromatic rings.